The standard InChI is InChI=1S/C12H10O4/c1-16-12(15)8-2-7-4-10(14)5-11(7)9(3-8)6-13/h2-3,6H,4-5H2,1H3. The summed E-state index contributed by atoms with van der Waals surface area (Å²) in [7, 11) is 1.28. The summed E-state index contributed by atoms with van der Waals surface area (Å²) in [5, 5.41) is 0. The molecular formula is C12H10O4. The van der Waals surface area contributed by atoms with Gasteiger partial charge in [-0.1, -0.05) is 0 Å². The van der Waals surface area contributed by atoms with Crippen LogP contribution in [-0.2, 0) is 22.4 Å². The van der Waals surface area contributed by atoms with Gasteiger partial charge in [0.15, 0.2) is 0 Å². The van der Waals surface area contributed by atoms with Crippen molar-refractivity contribution in [2.75, 3.05) is 7.11 Å². The Hall–Kier alpha value is -1.97. The van der Waals surface area contributed by atoms with Crippen LogP contribution in [0.4, 0.5) is 0 Å². The Labute approximate surface area is 92.2 Å². The summed E-state index contributed by atoms with van der Waals surface area (Å²) < 4.78 is 4.58. The minimum atomic E-state index is -0.495. The number of carbonyl (C=O) groups is 3. The normalized spacial score (nSPS) is 13.4. The molecule has 4 nitrogen and oxygen atoms in total. The van der Waals surface area contributed by atoms with Crippen LogP contribution in [0.2, 0.25) is 0 Å². The maximum atomic E-state index is 11.3. The Bertz CT molecular complexity index is 488. The van der Waals surface area contributed by atoms with Crippen LogP contribution >= 0.6 is 0 Å². The first-order valence-corrected chi connectivity index (χ1v) is 4.86. The van der Waals surface area contributed by atoms with Crippen molar-refractivity contribution < 1.29 is 19.1 Å². The molecule has 16 heavy (non-hydrogen) atoms. The van der Waals surface area contributed by atoms with Gasteiger partial charge < -0.3 is 4.74 Å². The Morgan fingerprint density at radius 1 is 1.38 bits per heavy atom. The van der Waals surface area contributed by atoms with Gasteiger partial charge in [-0.2, -0.15) is 0 Å². The number of methoxy groups -OCH3 is 1. The summed E-state index contributed by atoms with van der Waals surface area (Å²) in [6.07, 6.45) is 1.25. The SMILES string of the molecule is COC(=O)c1cc(C=O)c2c(c1)CC(=O)C2. The van der Waals surface area contributed by atoms with Gasteiger partial charge in [0, 0.05) is 18.4 Å². The van der Waals surface area contributed by atoms with Gasteiger partial charge in [0.25, 0.3) is 0 Å². The number of ether oxygens (including phenoxy) is 1. The summed E-state index contributed by atoms with van der Waals surface area (Å²) in [6, 6.07) is 3.09. The van der Waals surface area contributed by atoms with E-state index in [4.69, 9.17) is 0 Å². The fraction of sp³-hybridized carbons (Fsp3) is 0.250. The highest BCUT2D eigenvalue weighted by molar-refractivity contribution is 5.97. The lowest BCUT2D eigenvalue weighted by molar-refractivity contribution is -0.117. The number of rotatable bonds is 2. The van der Waals surface area contributed by atoms with Crippen LogP contribution < -0.4 is 0 Å². The first-order chi connectivity index (χ1) is 7.65. The number of Topliss-reactive ketones (excluding diaryl/α,β-unsaturated/α-hetero) is 1. The lowest BCUT2D eigenvalue weighted by Crippen LogP contribution is -2.04. The average molecular weight is 218 g/mol. The molecule has 0 spiro atoms. The molecule has 0 unspecified atom stereocenters. The summed E-state index contributed by atoms with van der Waals surface area (Å²) in [4.78, 5) is 33.5. The van der Waals surface area contributed by atoms with Crippen molar-refractivity contribution in [3.63, 3.8) is 0 Å². The fourth-order valence-electron chi connectivity index (χ4n) is 1.94. The van der Waals surface area contributed by atoms with Crippen molar-refractivity contribution in [1.29, 1.82) is 0 Å². The van der Waals surface area contributed by atoms with Crippen LogP contribution in [-0.4, -0.2) is 25.1 Å². The second-order valence-corrected chi connectivity index (χ2v) is 3.70. The van der Waals surface area contributed by atoms with E-state index in [0.717, 1.165) is 11.1 Å². The molecule has 0 saturated heterocycles. The molecule has 1 aromatic carbocycles. The predicted octanol–water partition coefficient (Wildman–Crippen LogP) is 0.953. The molecule has 0 bridgehead atoms. The summed E-state index contributed by atoms with van der Waals surface area (Å²) in [5.74, 6) is -0.426. The molecule has 0 atom stereocenters. The Morgan fingerprint density at radius 2 is 2.12 bits per heavy atom. The molecule has 0 aliphatic heterocycles. The van der Waals surface area contributed by atoms with Gasteiger partial charge in [0.05, 0.1) is 12.7 Å². The Balaban J connectivity index is 2.55. The zero-order chi connectivity index (χ0) is 11.7. The van der Waals surface area contributed by atoms with Gasteiger partial charge in [0.1, 0.15) is 12.1 Å². The molecule has 0 saturated carbocycles. The predicted molar refractivity (Wildman–Crippen MR) is 55.6 cm³/mol. The first kappa shape index (κ1) is 10.5. The smallest absolute Gasteiger partial charge is 0.337 e. The molecule has 0 heterocycles. The van der Waals surface area contributed by atoms with Gasteiger partial charge in [-0.3, -0.25) is 9.59 Å². The highest BCUT2D eigenvalue weighted by Gasteiger charge is 2.23. The Morgan fingerprint density at radius 3 is 2.75 bits per heavy atom. The van der Waals surface area contributed by atoms with E-state index in [-0.39, 0.29) is 12.2 Å². The second-order valence-electron chi connectivity index (χ2n) is 3.70. The number of fused-ring (bicyclic) bond motifs is 1. The molecular weight excluding hydrogens is 208 g/mol. The van der Waals surface area contributed by atoms with Gasteiger partial charge >= 0.3 is 5.97 Å². The summed E-state index contributed by atoms with van der Waals surface area (Å²) in [6.45, 7) is 0. The van der Waals surface area contributed by atoms with E-state index in [1.165, 1.54) is 13.2 Å². The second kappa shape index (κ2) is 3.89. The molecule has 0 N–H and O–H groups in total. The zero-order valence-corrected chi connectivity index (χ0v) is 8.78. The maximum Gasteiger partial charge on any atom is 0.337 e. The highest BCUT2D eigenvalue weighted by atomic mass is 16.5. The molecule has 0 aromatic heterocycles. The third kappa shape index (κ3) is 1.62. The molecule has 82 valence electrons. The van der Waals surface area contributed by atoms with E-state index in [0.29, 0.717) is 23.8 Å². The van der Waals surface area contributed by atoms with Crippen molar-refractivity contribution in [1.82, 2.24) is 0 Å². The first-order valence-electron chi connectivity index (χ1n) is 4.86. The van der Waals surface area contributed by atoms with Crippen LogP contribution in [0.3, 0.4) is 0 Å². The molecule has 1 aliphatic rings. The van der Waals surface area contributed by atoms with E-state index in [1.807, 2.05) is 0 Å². The van der Waals surface area contributed by atoms with Gasteiger partial charge in [-0.05, 0) is 23.3 Å². The quantitative estimate of drug-likeness (QED) is 0.547. The lowest BCUT2D eigenvalue weighted by atomic mass is 10.0. The van der Waals surface area contributed by atoms with Crippen molar-refractivity contribution in [3.8, 4) is 0 Å². The third-order valence-electron chi connectivity index (χ3n) is 2.69. The van der Waals surface area contributed by atoms with Gasteiger partial charge in [0.2, 0.25) is 0 Å². The van der Waals surface area contributed by atoms with E-state index < -0.39 is 5.97 Å². The number of esters is 1. The van der Waals surface area contributed by atoms with Gasteiger partial charge in [-0.15, -0.1) is 0 Å². The Kier molecular flexibility index (Phi) is 2.56. The van der Waals surface area contributed by atoms with Crippen molar-refractivity contribution >= 4 is 18.0 Å². The van der Waals surface area contributed by atoms with Crippen molar-refractivity contribution in [2.24, 2.45) is 0 Å². The molecule has 2 rings (SSSR count). The third-order valence-corrected chi connectivity index (χ3v) is 2.69. The van der Waals surface area contributed by atoms with Crippen molar-refractivity contribution in [3.05, 3.63) is 34.4 Å². The molecule has 1 aromatic rings. The molecule has 4 heteroatoms. The molecule has 1 aliphatic carbocycles. The lowest BCUT2D eigenvalue weighted by Gasteiger charge is -2.05. The van der Waals surface area contributed by atoms with Crippen LogP contribution in [0.5, 0.6) is 0 Å². The monoisotopic (exact) mass is 218 g/mol. The largest absolute Gasteiger partial charge is 0.465 e. The molecule has 0 radical (unpaired) electrons. The average Bonchev–Trinajstić information content (AvgIpc) is 2.66. The van der Waals surface area contributed by atoms with E-state index >= 15 is 0 Å². The minimum Gasteiger partial charge on any atom is -0.465 e. The van der Waals surface area contributed by atoms with E-state index in [1.54, 1.807) is 6.07 Å². The minimum absolute atomic E-state index is 0.0696. The van der Waals surface area contributed by atoms with Crippen LogP contribution in [0.15, 0.2) is 12.1 Å². The zero-order valence-electron chi connectivity index (χ0n) is 8.78. The topological polar surface area (TPSA) is 60.4 Å². The van der Waals surface area contributed by atoms with E-state index in [9.17, 15) is 14.4 Å². The fourth-order valence-corrected chi connectivity index (χ4v) is 1.94. The number of aldehydes is 1. The number of ketones is 1. The number of carbonyl (C=O) groups excluding carboxylic acids is 3. The molecule has 0 fully saturated rings. The summed E-state index contributed by atoms with van der Waals surface area (Å²) >= 11 is 0. The number of hydrogen-bond donors (Lipinski definition) is 0. The van der Waals surface area contributed by atoms with Crippen LogP contribution in [0.25, 0.3) is 0 Å². The van der Waals surface area contributed by atoms with Crippen LogP contribution in [0.1, 0.15) is 31.8 Å². The highest BCUT2D eigenvalue weighted by Crippen LogP contribution is 2.24. The van der Waals surface area contributed by atoms with Gasteiger partial charge in [-0.25, -0.2) is 4.79 Å². The number of benzene rings is 1. The van der Waals surface area contributed by atoms with E-state index in [2.05, 4.69) is 4.74 Å². The maximum absolute atomic E-state index is 11.3. The number of hydrogen-bond acceptors (Lipinski definition) is 4. The summed E-state index contributed by atoms with van der Waals surface area (Å²) in [5.41, 5.74) is 2.23. The molecule has 0 amide bonds. The van der Waals surface area contributed by atoms with Crippen LogP contribution in [0, 0.1) is 0 Å². The van der Waals surface area contributed by atoms with Crippen molar-refractivity contribution in [2.45, 2.75) is 12.8 Å².